The molecule has 1 aromatic rings. The first kappa shape index (κ1) is 32.3. The maximum atomic E-state index is 13.4. The molecular weight excluding hydrogens is 520 g/mol. The molecule has 0 saturated heterocycles. The number of aromatic carboxylic acids is 2. The summed E-state index contributed by atoms with van der Waals surface area (Å²) in [6.45, 7) is 0. The van der Waals surface area contributed by atoms with Gasteiger partial charge in [-0.3, -0.25) is 0 Å². The van der Waals surface area contributed by atoms with Crippen molar-refractivity contribution < 1.29 is 19.8 Å². The van der Waals surface area contributed by atoms with Crippen LogP contribution in [0.25, 0.3) is 16.7 Å². The van der Waals surface area contributed by atoms with Crippen molar-refractivity contribution in [2.24, 2.45) is 0 Å². The minimum atomic E-state index is -0.941. The van der Waals surface area contributed by atoms with E-state index in [0.29, 0.717) is 22.3 Å². The van der Waals surface area contributed by atoms with E-state index in [2.05, 4.69) is 18.2 Å². The van der Waals surface area contributed by atoms with Gasteiger partial charge in [-0.2, -0.15) is 0 Å². The molecule has 0 unspecified atom stereocenters. The second-order valence-corrected chi connectivity index (χ2v) is 12.9. The maximum Gasteiger partial charge on any atom is 0.336 e. The average Bonchev–Trinajstić information content (AvgIpc) is 3.00. The van der Waals surface area contributed by atoms with E-state index in [-0.39, 0.29) is 0 Å². The lowest BCUT2D eigenvalue weighted by molar-refractivity contribution is 0.0680. The number of carboxylic acid groups (broad SMARTS) is 2. The number of carbonyl (C=O) groups is 2. The van der Waals surface area contributed by atoms with Crippen LogP contribution in [0.1, 0.15) is 192 Å². The Hall–Kier alpha value is -2.62. The molecule has 0 heterocycles. The Morgan fingerprint density at radius 1 is 0.452 bits per heavy atom. The largest absolute Gasteiger partial charge is 0.478 e. The van der Waals surface area contributed by atoms with Gasteiger partial charge in [0.25, 0.3) is 0 Å². The van der Waals surface area contributed by atoms with E-state index in [1.807, 2.05) is 0 Å². The smallest absolute Gasteiger partial charge is 0.336 e. The summed E-state index contributed by atoms with van der Waals surface area (Å²) in [7, 11) is 0. The van der Waals surface area contributed by atoms with Crippen molar-refractivity contribution in [2.45, 2.75) is 154 Å². The Labute approximate surface area is 254 Å². The lowest BCUT2D eigenvalue weighted by Crippen LogP contribution is -2.16. The number of benzene rings is 1. The van der Waals surface area contributed by atoms with E-state index in [0.717, 1.165) is 119 Å². The highest BCUT2D eigenvalue weighted by molar-refractivity contribution is 6.07. The summed E-state index contributed by atoms with van der Waals surface area (Å²) in [6, 6.07) is 1.75. The van der Waals surface area contributed by atoms with Gasteiger partial charge in [0.15, 0.2) is 0 Å². The minimum absolute atomic E-state index is 0.296. The molecule has 2 N–H and O–H groups in total. The fourth-order valence-corrected chi connectivity index (χ4v) is 7.32. The van der Waals surface area contributed by atoms with E-state index in [1.54, 1.807) is 6.07 Å². The van der Waals surface area contributed by atoms with Crippen LogP contribution in [0.4, 0.5) is 0 Å². The standard InChI is InChI=1S/C38H54O4/c39-37(40)33-28-32(29-22-16-10-4-1-5-11-17-23-29)36(38(41)42)35(31-26-20-14-8-3-9-15-21-27-31)34(33)30-24-18-12-6-2-7-13-19-25-30/h22,24,26,28H,1-21,23,25,27H2,(H,39,40)(H,41,42)/b29-22+,30-24+,31-26+. The molecule has 230 valence electrons. The third-order valence-electron chi connectivity index (χ3n) is 9.63. The van der Waals surface area contributed by atoms with Crippen molar-refractivity contribution in [1.82, 2.24) is 0 Å². The third-order valence-corrected chi connectivity index (χ3v) is 9.63. The Morgan fingerprint density at radius 3 is 1.29 bits per heavy atom. The minimum Gasteiger partial charge on any atom is -0.478 e. The third kappa shape index (κ3) is 9.19. The second-order valence-electron chi connectivity index (χ2n) is 12.9. The predicted molar refractivity (Wildman–Crippen MR) is 175 cm³/mol. The molecule has 0 aliphatic heterocycles. The average molecular weight is 575 g/mol. The van der Waals surface area contributed by atoms with Crippen molar-refractivity contribution in [2.75, 3.05) is 0 Å². The quantitative estimate of drug-likeness (QED) is 0.367. The van der Waals surface area contributed by atoms with Gasteiger partial charge >= 0.3 is 11.9 Å². The number of allylic oxidation sites excluding steroid dienone is 6. The van der Waals surface area contributed by atoms with Crippen LogP contribution in [0.2, 0.25) is 0 Å². The first-order chi connectivity index (χ1) is 20.6. The highest BCUT2D eigenvalue weighted by atomic mass is 16.4. The second kappa shape index (κ2) is 17.5. The summed E-state index contributed by atoms with van der Waals surface area (Å²) < 4.78 is 0. The zero-order chi connectivity index (χ0) is 29.6. The SMILES string of the molecule is O=C(O)c1cc(/C2=C/CCCCCCCC2)c(C(=O)O)c(/C2=C/CCCCCCCC2)c1/C1=C/CCCCCCCC1. The first-order valence-electron chi connectivity index (χ1n) is 17.3. The summed E-state index contributed by atoms with van der Waals surface area (Å²) >= 11 is 0. The molecule has 0 atom stereocenters. The molecule has 3 aliphatic rings. The molecule has 4 nitrogen and oxygen atoms in total. The summed E-state index contributed by atoms with van der Waals surface area (Å²) in [6.07, 6.45) is 32.7. The van der Waals surface area contributed by atoms with Gasteiger partial charge in [0, 0.05) is 11.1 Å². The Balaban J connectivity index is 2.00. The molecule has 0 aromatic heterocycles. The van der Waals surface area contributed by atoms with Crippen LogP contribution >= 0.6 is 0 Å². The molecule has 1 aromatic carbocycles. The van der Waals surface area contributed by atoms with Gasteiger partial charge in [0.05, 0.1) is 11.1 Å². The van der Waals surface area contributed by atoms with E-state index in [1.165, 1.54) is 57.8 Å². The molecule has 3 aliphatic carbocycles. The van der Waals surface area contributed by atoms with Crippen molar-refractivity contribution in [3.63, 3.8) is 0 Å². The first-order valence-corrected chi connectivity index (χ1v) is 17.3. The molecule has 0 radical (unpaired) electrons. The van der Waals surface area contributed by atoms with Gasteiger partial charge in [0.2, 0.25) is 0 Å². The van der Waals surface area contributed by atoms with E-state index in [4.69, 9.17) is 0 Å². The van der Waals surface area contributed by atoms with Crippen LogP contribution in [-0.2, 0) is 0 Å². The Bertz CT molecular complexity index is 1150. The molecule has 0 spiro atoms. The number of rotatable bonds is 5. The normalized spacial score (nSPS) is 24.5. The molecule has 42 heavy (non-hydrogen) atoms. The zero-order valence-electron chi connectivity index (χ0n) is 26.0. The fraction of sp³-hybridized carbons (Fsp3) is 0.632. The molecule has 0 saturated carbocycles. The van der Waals surface area contributed by atoms with Crippen molar-refractivity contribution in [1.29, 1.82) is 0 Å². The predicted octanol–water partition coefficient (Wildman–Crippen LogP) is 11.6. The van der Waals surface area contributed by atoms with E-state index < -0.39 is 11.9 Å². The van der Waals surface area contributed by atoms with E-state index >= 15 is 0 Å². The monoisotopic (exact) mass is 574 g/mol. The van der Waals surface area contributed by atoms with Crippen LogP contribution in [0.5, 0.6) is 0 Å². The van der Waals surface area contributed by atoms with Crippen LogP contribution < -0.4 is 0 Å². The molecule has 4 heteroatoms. The molecule has 0 bridgehead atoms. The van der Waals surface area contributed by atoms with Crippen LogP contribution in [-0.4, -0.2) is 22.2 Å². The topological polar surface area (TPSA) is 74.6 Å². The summed E-state index contributed by atoms with van der Waals surface area (Å²) in [5.74, 6) is -1.86. The van der Waals surface area contributed by atoms with Gasteiger partial charge in [-0.25, -0.2) is 9.59 Å². The highest BCUT2D eigenvalue weighted by Crippen LogP contribution is 2.42. The van der Waals surface area contributed by atoms with Crippen LogP contribution in [0, 0.1) is 0 Å². The van der Waals surface area contributed by atoms with E-state index in [9.17, 15) is 19.8 Å². The van der Waals surface area contributed by atoms with Crippen LogP contribution in [0.15, 0.2) is 24.3 Å². The maximum absolute atomic E-state index is 13.4. The molecule has 0 fully saturated rings. The summed E-state index contributed by atoms with van der Waals surface area (Å²) in [5.41, 5.74) is 5.86. The van der Waals surface area contributed by atoms with Gasteiger partial charge in [-0.05, 0) is 105 Å². The fourth-order valence-electron chi connectivity index (χ4n) is 7.32. The van der Waals surface area contributed by atoms with Gasteiger partial charge in [-0.1, -0.05) is 95.3 Å². The number of hydrogen-bond donors (Lipinski definition) is 2. The molecular formula is C38H54O4. The zero-order valence-corrected chi connectivity index (χ0v) is 26.0. The lowest BCUT2D eigenvalue weighted by Gasteiger charge is -2.25. The lowest BCUT2D eigenvalue weighted by atomic mass is 9.78. The summed E-state index contributed by atoms with van der Waals surface area (Å²) in [5, 5.41) is 21.7. The van der Waals surface area contributed by atoms with Gasteiger partial charge in [0.1, 0.15) is 0 Å². The molecule has 4 rings (SSSR count). The number of hydrogen-bond acceptors (Lipinski definition) is 2. The highest BCUT2D eigenvalue weighted by Gasteiger charge is 2.30. The van der Waals surface area contributed by atoms with Crippen molar-refractivity contribution in [3.05, 3.63) is 52.1 Å². The Kier molecular flexibility index (Phi) is 13.4. The molecule has 0 amide bonds. The van der Waals surface area contributed by atoms with Crippen LogP contribution in [0.3, 0.4) is 0 Å². The van der Waals surface area contributed by atoms with Crippen molar-refractivity contribution in [3.8, 4) is 0 Å². The van der Waals surface area contributed by atoms with Gasteiger partial charge < -0.3 is 10.2 Å². The van der Waals surface area contributed by atoms with Crippen molar-refractivity contribution >= 4 is 28.7 Å². The number of carboxylic acids is 2. The Morgan fingerprint density at radius 2 is 0.833 bits per heavy atom. The van der Waals surface area contributed by atoms with Gasteiger partial charge in [-0.15, -0.1) is 0 Å². The summed E-state index contributed by atoms with van der Waals surface area (Å²) in [4.78, 5) is 26.5.